The molecule has 0 saturated carbocycles. The number of hydrogen-bond donors (Lipinski definition) is 2. The van der Waals surface area contributed by atoms with Crippen LogP contribution in [0.3, 0.4) is 0 Å². The normalized spacial score (nSPS) is 17.4. The number of hydrogen-bond acceptors (Lipinski definition) is 7. The summed E-state index contributed by atoms with van der Waals surface area (Å²) in [6.07, 6.45) is -0.488. The standard InChI is InChI=1S/C20H17N3O6S/c1-23-15-5-3-2-4-13(15)19(26)18(20(23)27)22-21-14-9-11-6-7-16(14)30(28,29)12(8-11)10-17(24)25/h2-7,9,12,26H,8,10H2,1H3,(H,24,25). The van der Waals surface area contributed by atoms with Crippen molar-refractivity contribution in [2.45, 2.75) is 23.0 Å². The van der Waals surface area contributed by atoms with Crippen molar-refractivity contribution in [3.8, 4) is 5.75 Å². The Morgan fingerprint density at radius 2 is 1.93 bits per heavy atom. The van der Waals surface area contributed by atoms with Crippen LogP contribution < -0.4 is 5.56 Å². The first kappa shape index (κ1) is 19.8. The van der Waals surface area contributed by atoms with E-state index in [9.17, 15) is 23.1 Å². The highest BCUT2D eigenvalue weighted by Gasteiger charge is 2.35. The third kappa shape index (κ3) is 3.14. The molecule has 0 radical (unpaired) electrons. The Morgan fingerprint density at radius 1 is 1.20 bits per heavy atom. The fourth-order valence-electron chi connectivity index (χ4n) is 3.59. The molecule has 0 fully saturated rings. The van der Waals surface area contributed by atoms with E-state index in [1.807, 2.05) is 0 Å². The van der Waals surface area contributed by atoms with Gasteiger partial charge in [-0.25, -0.2) is 8.42 Å². The minimum atomic E-state index is -3.96. The van der Waals surface area contributed by atoms with E-state index in [0.29, 0.717) is 16.5 Å². The number of aromatic nitrogens is 1. The maximum atomic E-state index is 12.9. The molecule has 2 aromatic carbocycles. The molecule has 1 atom stereocenters. The summed E-state index contributed by atoms with van der Waals surface area (Å²) in [5, 5.41) is 26.7. The van der Waals surface area contributed by atoms with Gasteiger partial charge in [0.2, 0.25) is 0 Å². The van der Waals surface area contributed by atoms with E-state index in [-0.39, 0.29) is 28.4 Å². The third-order valence-electron chi connectivity index (χ3n) is 5.14. The van der Waals surface area contributed by atoms with Crippen molar-refractivity contribution in [2.75, 3.05) is 0 Å². The van der Waals surface area contributed by atoms with E-state index in [2.05, 4.69) is 10.2 Å². The van der Waals surface area contributed by atoms with Crippen LogP contribution in [0.4, 0.5) is 11.4 Å². The topological polar surface area (TPSA) is 138 Å². The molecule has 30 heavy (non-hydrogen) atoms. The summed E-state index contributed by atoms with van der Waals surface area (Å²) in [5.74, 6) is -1.56. The predicted molar refractivity (Wildman–Crippen MR) is 108 cm³/mol. The van der Waals surface area contributed by atoms with E-state index >= 15 is 0 Å². The Balaban J connectivity index is 1.84. The summed E-state index contributed by atoms with van der Waals surface area (Å²) in [4.78, 5) is 23.5. The number of carbonyl (C=O) groups is 1. The molecule has 5 rings (SSSR count). The van der Waals surface area contributed by atoms with Gasteiger partial charge in [0, 0.05) is 12.4 Å². The number of fused-ring (bicyclic) bond motifs is 5. The Labute approximate surface area is 170 Å². The number of azo groups is 1. The summed E-state index contributed by atoms with van der Waals surface area (Å²) in [6, 6.07) is 11.2. The summed E-state index contributed by atoms with van der Waals surface area (Å²) in [6.45, 7) is 0. The molecule has 1 aromatic heterocycles. The lowest BCUT2D eigenvalue weighted by Gasteiger charge is -2.11. The Bertz CT molecular complexity index is 1390. The first-order valence-electron chi connectivity index (χ1n) is 9.01. The van der Waals surface area contributed by atoms with Gasteiger partial charge in [-0.1, -0.05) is 18.2 Å². The van der Waals surface area contributed by atoms with Crippen LogP contribution in [0.2, 0.25) is 0 Å². The van der Waals surface area contributed by atoms with Crippen LogP contribution in [0.5, 0.6) is 5.75 Å². The van der Waals surface area contributed by atoms with Gasteiger partial charge in [0.15, 0.2) is 21.3 Å². The summed E-state index contributed by atoms with van der Waals surface area (Å²) >= 11 is 0. The quantitative estimate of drug-likeness (QED) is 0.614. The summed E-state index contributed by atoms with van der Waals surface area (Å²) in [5.41, 5.74) is 0.199. The number of pyridine rings is 1. The van der Waals surface area contributed by atoms with E-state index in [1.54, 1.807) is 30.3 Å². The van der Waals surface area contributed by atoms with Crippen LogP contribution in [0.25, 0.3) is 10.9 Å². The number of para-hydroxylation sites is 1. The van der Waals surface area contributed by atoms with Gasteiger partial charge in [0.05, 0.1) is 22.1 Å². The van der Waals surface area contributed by atoms with Gasteiger partial charge in [-0.3, -0.25) is 9.59 Å². The first-order valence-corrected chi connectivity index (χ1v) is 10.6. The maximum Gasteiger partial charge on any atom is 0.304 e. The number of nitrogens with zero attached hydrogens (tertiary/aromatic N) is 3. The number of aryl methyl sites for hydroxylation is 1. The second-order valence-electron chi connectivity index (χ2n) is 7.05. The van der Waals surface area contributed by atoms with Crippen molar-refractivity contribution in [2.24, 2.45) is 17.3 Å². The molecule has 1 unspecified atom stereocenters. The van der Waals surface area contributed by atoms with Crippen LogP contribution in [0.15, 0.2) is 62.4 Å². The van der Waals surface area contributed by atoms with Gasteiger partial charge in [0.25, 0.3) is 5.56 Å². The number of aromatic hydroxyl groups is 1. The molecule has 2 aliphatic rings. The van der Waals surface area contributed by atoms with E-state index in [4.69, 9.17) is 5.11 Å². The molecule has 0 saturated heterocycles. The number of rotatable bonds is 4. The number of carboxylic acids is 1. The lowest BCUT2D eigenvalue weighted by molar-refractivity contribution is -0.137. The van der Waals surface area contributed by atoms with Crippen molar-refractivity contribution in [1.82, 2.24) is 4.57 Å². The SMILES string of the molecule is Cn1c(=O)c(N=Nc2cc3ccc2S(=O)(=O)C(CC(=O)O)C3)c(O)c2ccccc21. The zero-order chi connectivity index (χ0) is 21.6. The molecule has 2 bridgehead atoms. The minimum absolute atomic E-state index is 0.00463. The molecule has 0 aliphatic carbocycles. The number of sulfone groups is 1. The minimum Gasteiger partial charge on any atom is -0.505 e. The van der Waals surface area contributed by atoms with Gasteiger partial charge in [-0.2, -0.15) is 0 Å². The molecule has 2 aliphatic heterocycles. The number of carboxylic acid groups (broad SMARTS) is 1. The smallest absolute Gasteiger partial charge is 0.304 e. The second-order valence-corrected chi connectivity index (χ2v) is 9.25. The van der Waals surface area contributed by atoms with Crippen LogP contribution in [-0.4, -0.2) is 34.4 Å². The molecular weight excluding hydrogens is 410 g/mol. The molecule has 0 spiro atoms. The molecule has 154 valence electrons. The van der Waals surface area contributed by atoms with Gasteiger partial charge in [0.1, 0.15) is 5.69 Å². The summed E-state index contributed by atoms with van der Waals surface area (Å²) in [7, 11) is -2.43. The lowest BCUT2D eigenvalue weighted by atomic mass is 10.1. The second kappa shape index (κ2) is 7.06. The zero-order valence-electron chi connectivity index (χ0n) is 15.8. The average molecular weight is 427 g/mol. The molecule has 3 heterocycles. The predicted octanol–water partition coefficient (Wildman–Crippen LogP) is 2.83. The highest BCUT2D eigenvalue weighted by atomic mass is 32.2. The van der Waals surface area contributed by atoms with Crippen LogP contribution in [0.1, 0.15) is 12.0 Å². The molecule has 2 N–H and O–H groups in total. The van der Waals surface area contributed by atoms with Crippen molar-refractivity contribution < 1.29 is 23.4 Å². The van der Waals surface area contributed by atoms with Crippen LogP contribution in [-0.2, 0) is 28.1 Å². The molecular formula is C20H17N3O6S. The van der Waals surface area contributed by atoms with E-state index in [1.165, 1.54) is 23.7 Å². The maximum absolute atomic E-state index is 12.9. The Kier molecular flexibility index (Phi) is 4.65. The van der Waals surface area contributed by atoms with Gasteiger partial charge < -0.3 is 14.8 Å². The number of aliphatic carboxylic acids is 1. The van der Waals surface area contributed by atoms with Crippen molar-refractivity contribution in [3.63, 3.8) is 0 Å². The lowest BCUT2D eigenvalue weighted by Crippen LogP contribution is -2.25. The van der Waals surface area contributed by atoms with Gasteiger partial charge in [-0.05, 0) is 36.2 Å². The van der Waals surface area contributed by atoms with Gasteiger partial charge >= 0.3 is 5.97 Å². The van der Waals surface area contributed by atoms with Crippen molar-refractivity contribution >= 4 is 38.1 Å². The molecule has 9 nitrogen and oxygen atoms in total. The number of benzene rings is 2. The fourth-order valence-corrected chi connectivity index (χ4v) is 5.38. The largest absolute Gasteiger partial charge is 0.505 e. The van der Waals surface area contributed by atoms with E-state index in [0.717, 1.165) is 0 Å². The Hall–Kier alpha value is -3.53. The van der Waals surface area contributed by atoms with Crippen molar-refractivity contribution in [3.05, 3.63) is 58.4 Å². The zero-order valence-corrected chi connectivity index (χ0v) is 16.6. The Morgan fingerprint density at radius 3 is 2.67 bits per heavy atom. The average Bonchev–Trinajstić information content (AvgIpc) is 2.88. The summed E-state index contributed by atoms with van der Waals surface area (Å²) < 4.78 is 27.1. The van der Waals surface area contributed by atoms with E-state index < -0.39 is 33.0 Å². The van der Waals surface area contributed by atoms with Crippen molar-refractivity contribution in [1.29, 1.82) is 0 Å². The highest BCUT2D eigenvalue weighted by Crippen LogP contribution is 2.37. The molecule has 0 amide bonds. The fraction of sp³-hybridized carbons (Fsp3) is 0.200. The monoisotopic (exact) mass is 427 g/mol. The third-order valence-corrected chi connectivity index (χ3v) is 7.31. The first-order chi connectivity index (χ1) is 14.2. The molecule has 10 heteroatoms. The highest BCUT2D eigenvalue weighted by molar-refractivity contribution is 7.92. The van der Waals surface area contributed by atoms with Crippen LogP contribution >= 0.6 is 0 Å². The molecule has 3 aromatic rings. The van der Waals surface area contributed by atoms with Gasteiger partial charge in [-0.15, -0.1) is 10.2 Å². The van der Waals surface area contributed by atoms with Crippen LogP contribution in [0, 0.1) is 0 Å².